The van der Waals surface area contributed by atoms with Gasteiger partial charge in [0.05, 0.1) is 15.0 Å². The van der Waals surface area contributed by atoms with Crippen LogP contribution in [0.3, 0.4) is 0 Å². The third-order valence-electron chi connectivity index (χ3n) is 3.90. The summed E-state index contributed by atoms with van der Waals surface area (Å²) in [4.78, 5) is 22.6. The van der Waals surface area contributed by atoms with E-state index in [2.05, 4.69) is 15.7 Å². The molecule has 2 N–H and O–H groups in total. The summed E-state index contributed by atoms with van der Waals surface area (Å²) >= 11 is 12.2. The van der Waals surface area contributed by atoms with Crippen molar-refractivity contribution in [2.45, 2.75) is 18.9 Å². The van der Waals surface area contributed by atoms with Gasteiger partial charge >= 0.3 is 0 Å². The van der Waals surface area contributed by atoms with Gasteiger partial charge in [0.15, 0.2) is 5.69 Å². The molecule has 0 saturated carbocycles. The smallest absolute Gasteiger partial charge is 0.272 e. The van der Waals surface area contributed by atoms with Gasteiger partial charge in [0, 0.05) is 30.9 Å². The third-order valence-corrected chi connectivity index (χ3v) is 4.47. The lowest BCUT2D eigenvalue weighted by molar-refractivity contribution is -0.384. The number of nitrogens with one attached hydrogen (secondary N) is 2. The van der Waals surface area contributed by atoms with Gasteiger partial charge in [-0.2, -0.15) is 5.10 Å². The van der Waals surface area contributed by atoms with Crippen molar-refractivity contribution >= 4 is 47.2 Å². The van der Waals surface area contributed by atoms with E-state index in [0.717, 1.165) is 25.9 Å². The fourth-order valence-electron chi connectivity index (χ4n) is 2.68. The maximum absolute atomic E-state index is 12.3. The van der Waals surface area contributed by atoms with Crippen molar-refractivity contribution in [3.05, 3.63) is 50.2 Å². The second-order valence-corrected chi connectivity index (χ2v) is 6.49. The van der Waals surface area contributed by atoms with E-state index in [-0.39, 0.29) is 51.5 Å². The summed E-state index contributed by atoms with van der Waals surface area (Å²) in [5, 5.41) is 21.3. The van der Waals surface area contributed by atoms with E-state index in [1.54, 1.807) is 6.07 Å². The van der Waals surface area contributed by atoms with E-state index in [0.29, 0.717) is 0 Å². The number of nitrogens with zero attached hydrogens (tertiary/aromatic N) is 3. The summed E-state index contributed by atoms with van der Waals surface area (Å²) in [6.07, 6.45) is 3.46. The minimum Gasteiger partial charge on any atom is -0.347 e. The Kier molecular flexibility index (Phi) is 6.82. The Morgan fingerprint density at radius 1 is 1.38 bits per heavy atom. The van der Waals surface area contributed by atoms with Crippen LogP contribution in [0.25, 0.3) is 5.69 Å². The first-order valence-corrected chi connectivity index (χ1v) is 8.42. The van der Waals surface area contributed by atoms with Gasteiger partial charge in [-0.05, 0) is 25.5 Å². The number of amides is 1. The van der Waals surface area contributed by atoms with E-state index in [4.69, 9.17) is 23.2 Å². The van der Waals surface area contributed by atoms with Gasteiger partial charge in [0.2, 0.25) is 0 Å². The summed E-state index contributed by atoms with van der Waals surface area (Å²) in [7, 11) is 0. The highest BCUT2D eigenvalue weighted by Gasteiger charge is 2.20. The van der Waals surface area contributed by atoms with Gasteiger partial charge in [-0.15, -0.1) is 12.4 Å². The number of benzene rings is 1. The highest BCUT2D eigenvalue weighted by molar-refractivity contribution is 6.38. The minimum absolute atomic E-state index is 0. The predicted molar refractivity (Wildman–Crippen MR) is 101 cm³/mol. The van der Waals surface area contributed by atoms with Gasteiger partial charge in [0.1, 0.15) is 5.69 Å². The molecule has 0 spiro atoms. The molecule has 8 nitrogen and oxygen atoms in total. The molecule has 1 unspecified atom stereocenters. The number of hydrogen-bond donors (Lipinski definition) is 2. The molecule has 2 heterocycles. The lowest BCUT2D eigenvalue weighted by atomic mass is 10.1. The standard InChI is InChI=1S/C15H15Cl2N5O3.ClH/c16-11-6-10(22(24)25)7-12(17)14(11)21-5-3-13(20-21)15(23)19-9-2-1-4-18-8-9;/h3,5-7,9,18H,1-2,4,8H2,(H,19,23);1H. The fraction of sp³-hybridized carbons (Fsp3) is 0.333. The van der Waals surface area contributed by atoms with Crippen LogP contribution in [0.4, 0.5) is 5.69 Å². The number of hydrogen-bond acceptors (Lipinski definition) is 5. The molecule has 1 aliphatic heterocycles. The summed E-state index contributed by atoms with van der Waals surface area (Å²) in [6.45, 7) is 1.69. The first-order chi connectivity index (χ1) is 12.0. The molecule has 3 rings (SSSR count). The Labute approximate surface area is 165 Å². The van der Waals surface area contributed by atoms with Gasteiger partial charge in [0.25, 0.3) is 11.6 Å². The van der Waals surface area contributed by atoms with Crippen molar-refractivity contribution in [3.63, 3.8) is 0 Å². The van der Waals surface area contributed by atoms with Crippen LogP contribution in [0.1, 0.15) is 23.3 Å². The summed E-state index contributed by atoms with van der Waals surface area (Å²) in [5.41, 5.74) is 0.289. The monoisotopic (exact) mass is 419 g/mol. The number of nitro groups is 1. The molecular formula is C15H16Cl3N5O3. The SMILES string of the molecule is Cl.O=C(NC1CCCNC1)c1ccn(-c2c(Cl)cc([N+](=O)[O-])cc2Cl)n1. The molecule has 26 heavy (non-hydrogen) atoms. The topological polar surface area (TPSA) is 102 Å². The highest BCUT2D eigenvalue weighted by Crippen LogP contribution is 2.32. The molecule has 0 bridgehead atoms. The largest absolute Gasteiger partial charge is 0.347 e. The first kappa shape index (κ1) is 20.4. The molecule has 140 valence electrons. The average molecular weight is 421 g/mol. The molecular weight excluding hydrogens is 405 g/mol. The van der Waals surface area contributed by atoms with Crippen LogP contribution < -0.4 is 10.6 Å². The predicted octanol–water partition coefficient (Wildman–Crippen LogP) is 2.99. The average Bonchev–Trinajstić information content (AvgIpc) is 3.04. The normalized spacial score (nSPS) is 16.6. The van der Waals surface area contributed by atoms with Crippen LogP contribution in [-0.4, -0.2) is 39.7 Å². The third kappa shape index (κ3) is 4.45. The number of carbonyl (C=O) groups is 1. The molecule has 1 aromatic carbocycles. The molecule has 1 amide bonds. The Bertz CT molecular complexity index is 798. The second-order valence-electron chi connectivity index (χ2n) is 5.68. The van der Waals surface area contributed by atoms with E-state index >= 15 is 0 Å². The fourth-order valence-corrected chi connectivity index (χ4v) is 3.33. The lowest BCUT2D eigenvalue weighted by Crippen LogP contribution is -2.45. The molecule has 1 saturated heterocycles. The van der Waals surface area contributed by atoms with Crippen LogP contribution in [0.5, 0.6) is 0 Å². The Morgan fingerprint density at radius 2 is 2.08 bits per heavy atom. The first-order valence-electron chi connectivity index (χ1n) is 7.67. The molecule has 0 aliphatic carbocycles. The van der Waals surface area contributed by atoms with Crippen LogP contribution in [0.15, 0.2) is 24.4 Å². The van der Waals surface area contributed by atoms with E-state index in [9.17, 15) is 14.9 Å². The zero-order valence-electron chi connectivity index (χ0n) is 13.4. The number of carbonyl (C=O) groups excluding carboxylic acids is 1. The number of aromatic nitrogens is 2. The van der Waals surface area contributed by atoms with Gasteiger partial charge < -0.3 is 10.6 Å². The van der Waals surface area contributed by atoms with E-state index in [1.807, 2.05) is 0 Å². The molecule has 1 aliphatic rings. The zero-order valence-corrected chi connectivity index (χ0v) is 15.8. The molecule has 2 aromatic rings. The molecule has 0 radical (unpaired) electrons. The van der Waals surface area contributed by atoms with Crippen molar-refractivity contribution in [1.29, 1.82) is 0 Å². The van der Waals surface area contributed by atoms with Crippen molar-refractivity contribution in [1.82, 2.24) is 20.4 Å². The Hall–Kier alpha value is -1.87. The molecule has 1 atom stereocenters. The van der Waals surface area contributed by atoms with Crippen molar-refractivity contribution in [2.24, 2.45) is 0 Å². The van der Waals surface area contributed by atoms with Crippen LogP contribution in [0.2, 0.25) is 10.0 Å². The van der Waals surface area contributed by atoms with Gasteiger partial charge in [-0.3, -0.25) is 14.9 Å². The maximum Gasteiger partial charge on any atom is 0.272 e. The Balaban J connectivity index is 0.00000243. The van der Waals surface area contributed by atoms with Crippen molar-refractivity contribution < 1.29 is 9.72 Å². The van der Waals surface area contributed by atoms with Gasteiger partial charge in [-0.25, -0.2) is 4.68 Å². The highest BCUT2D eigenvalue weighted by atomic mass is 35.5. The number of halogens is 3. The maximum atomic E-state index is 12.3. The second kappa shape index (κ2) is 8.68. The van der Waals surface area contributed by atoms with E-state index < -0.39 is 4.92 Å². The van der Waals surface area contributed by atoms with Gasteiger partial charge in [-0.1, -0.05) is 23.2 Å². The number of nitro benzene ring substituents is 1. The molecule has 11 heteroatoms. The number of non-ortho nitro benzene ring substituents is 1. The van der Waals surface area contributed by atoms with Crippen molar-refractivity contribution in [3.8, 4) is 5.69 Å². The number of rotatable bonds is 4. The lowest BCUT2D eigenvalue weighted by Gasteiger charge is -2.23. The van der Waals surface area contributed by atoms with Crippen LogP contribution in [-0.2, 0) is 0 Å². The summed E-state index contributed by atoms with van der Waals surface area (Å²) in [5.74, 6) is -0.290. The van der Waals surface area contributed by atoms with Crippen LogP contribution in [0, 0.1) is 10.1 Å². The molecule has 1 aromatic heterocycles. The summed E-state index contributed by atoms with van der Waals surface area (Å²) in [6, 6.07) is 3.99. The van der Waals surface area contributed by atoms with E-state index in [1.165, 1.54) is 23.0 Å². The molecule has 1 fully saturated rings. The summed E-state index contributed by atoms with van der Waals surface area (Å²) < 4.78 is 1.34. The number of piperidine rings is 1. The quantitative estimate of drug-likeness (QED) is 0.585. The Morgan fingerprint density at radius 3 is 2.65 bits per heavy atom. The zero-order chi connectivity index (χ0) is 18.0. The van der Waals surface area contributed by atoms with Crippen LogP contribution >= 0.6 is 35.6 Å². The van der Waals surface area contributed by atoms with Crippen molar-refractivity contribution in [2.75, 3.05) is 13.1 Å². The minimum atomic E-state index is -0.582.